The molecule has 1 saturated carbocycles. The van der Waals surface area contributed by atoms with E-state index in [1.54, 1.807) is 6.92 Å². The Kier molecular flexibility index (Phi) is 3.89. The third kappa shape index (κ3) is 2.69. The normalized spacial score (nSPS) is 23.0. The van der Waals surface area contributed by atoms with Gasteiger partial charge in [-0.3, -0.25) is 10.1 Å². The Morgan fingerprint density at radius 1 is 1.43 bits per heavy atom. The number of carboxylic acids is 1. The van der Waals surface area contributed by atoms with Gasteiger partial charge in [0.05, 0.1) is 6.10 Å². The van der Waals surface area contributed by atoms with E-state index in [1.807, 2.05) is 0 Å². The lowest BCUT2D eigenvalue weighted by Gasteiger charge is -2.34. The lowest BCUT2D eigenvalue weighted by Crippen LogP contribution is -2.55. The van der Waals surface area contributed by atoms with Crippen LogP contribution in [0.25, 0.3) is 0 Å². The lowest BCUT2D eigenvalue weighted by atomic mass is 9.81. The molecule has 1 fully saturated rings. The number of aliphatic hydroxyl groups excluding tert-OH is 1. The first-order chi connectivity index (χ1) is 6.57. The van der Waals surface area contributed by atoms with Crippen LogP contribution < -0.4 is 5.32 Å². The Labute approximate surface area is 84.3 Å². The van der Waals surface area contributed by atoms with Crippen LogP contribution in [0.15, 0.2) is 0 Å². The number of β-amino-alcohol motifs (C(OH)–C–C–N with tert-alkyl or cyclic N) is 1. The second kappa shape index (κ2) is 4.75. The molecule has 0 saturated heterocycles. The molecule has 0 aromatic rings. The Morgan fingerprint density at radius 2 is 2.00 bits per heavy atom. The zero-order valence-corrected chi connectivity index (χ0v) is 8.62. The number of aliphatic hydroxyl groups is 1. The maximum Gasteiger partial charge on any atom is 0.323 e. The van der Waals surface area contributed by atoms with Gasteiger partial charge in [0.25, 0.3) is 0 Å². The first kappa shape index (κ1) is 11.5. The van der Waals surface area contributed by atoms with Gasteiger partial charge in [-0.25, -0.2) is 0 Å². The Bertz CT molecular complexity index is 198. The van der Waals surface area contributed by atoms with Crippen molar-refractivity contribution in [1.29, 1.82) is 0 Å². The first-order valence-corrected chi connectivity index (χ1v) is 5.23. The van der Waals surface area contributed by atoms with Gasteiger partial charge in [-0.1, -0.05) is 19.3 Å². The zero-order chi connectivity index (χ0) is 10.6. The number of carbonyl (C=O) groups is 1. The summed E-state index contributed by atoms with van der Waals surface area (Å²) in [5, 5.41) is 21.3. The molecule has 1 unspecified atom stereocenters. The van der Waals surface area contributed by atoms with Gasteiger partial charge in [-0.2, -0.15) is 0 Å². The summed E-state index contributed by atoms with van der Waals surface area (Å²) in [6.07, 6.45) is 3.89. The monoisotopic (exact) mass is 201 g/mol. The maximum absolute atomic E-state index is 11.1. The van der Waals surface area contributed by atoms with Crippen molar-refractivity contribution < 1.29 is 15.0 Å². The summed E-state index contributed by atoms with van der Waals surface area (Å²) in [7, 11) is 0. The third-order valence-electron chi connectivity index (χ3n) is 2.85. The number of nitrogens with one attached hydrogen (secondary N) is 1. The SMILES string of the molecule is CC(O)CNC1(C(=O)O)CCCCC1. The molecule has 0 bridgehead atoms. The molecule has 14 heavy (non-hydrogen) atoms. The van der Waals surface area contributed by atoms with Gasteiger partial charge in [0.15, 0.2) is 0 Å². The van der Waals surface area contributed by atoms with Gasteiger partial charge < -0.3 is 10.2 Å². The molecular formula is C10H19NO3. The molecule has 4 nitrogen and oxygen atoms in total. The van der Waals surface area contributed by atoms with E-state index < -0.39 is 17.6 Å². The van der Waals surface area contributed by atoms with Gasteiger partial charge in [0, 0.05) is 6.54 Å². The van der Waals surface area contributed by atoms with Crippen molar-refractivity contribution in [2.75, 3.05) is 6.54 Å². The Morgan fingerprint density at radius 3 is 2.43 bits per heavy atom. The lowest BCUT2D eigenvalue weighted by molar-refractivity contribution is -0.146. The van der Waals surface area contributed by atoms with Crippen LogP contribution in [0.5, 0.6) is 0 Å². The Hall–Kier alpha value is -0.610. The van der Waals surface area contributed by atoms with Gasteiger partial charge in [-0.05, 0) is 19.8 Å². The maximum atomic E-state index is 11.1. The van der Waals surface area contributed by atoms with Crippen LogP contribution in [-0.4, -0.2) is 34.4 Å². The van der Waals surface area contributed by atoms with Gasteiger partial charge in [0.1, 0.15) is 5.54 Å². The largest absolute Gasteiger partial charge is 0.480 e. The quantitative estimate of drug-likeness (QED) is 0.627. The summed E-state index contributed by atoms with van der Waals surface area (Å²) in [5.41, 5.74) is -0.782. The molecule has 0 aliphatic heterocycles. The second-order valence-electron chi connectivity index (χ2n) is 4.18. The topological polar surface area (TPSA) is 69.6 Å². The molecule has 1 aliphatic carbocycles. The van der Waals surface area contributed by atoms with E-state index in [9.17, 15) is 4.79 Å². The number of rotatable bonds is 4. The molecule has 0 amide bonds. The average molecular weight is 201 g/mol. The van der Waals surface area contributed by atoms with E-state index in [-0.39, 0.29) is 0 Å². The molecule has 0 spiro atoms. The predicted molar refractivity (Wildman–Crippen MR) is 53.1 cm³/mol. The van der Waals surface area contributed by atoms with E-state index >= 15 is 0 Å². The molecule has 0 aromatic heterocycles. The van der Waals surface area contributed by atoms with Crippen LogP contribution in [0.1, 0.15) is 39.0 Å². The van der Waals surface area contributed by atoms with Gasteiger partial charge >= 0.3 is 5.97 Å². The molecule has 4 heteroatoms. The molecule has 1 atom stereocenters. The van der Waals surface area contributed by atoms with Crippen molar-refractivity contribution in [1.82, 2.24) is 5.32 Å². The van der Waals surface area contributed by atoms with Crippen molar-refractivity contribution in [3.63, 3.8) is 0 Å². The van der Waals surface area contributed by atoms with Crippen LogP contribution >= 0.6 is 0 Å². The van der Waals surface area contributed by atoms with Crippen LogP contribution in [0.3, 0.4) is 0 Å². The third-order valence-corrected chi connectivity index (χ3v) is 2.85. The van der Waals surface area contributed by atoms with E-state index in [0.29, 0.717) is 19.4 Å². The summed E-state index contributed by atoms with van der Waals surface area (Å²) >= 11 is 0. The minimum Gasteiger partial charge on any atom is -0.480 e. The standard InChI is InChI=1S/C10H19NO3/c1-8(12)7-11-10(9(13)14)5-3-2-4-6-10/h8,11-12H,2-7H2,1H3,(H,13,14). The van der Waals surface area contributed by atoms with E-state index in [0.717, 1.165) is 19.3 Å². The number of carboxylic acid groups (broad SMARTS) is 1. The highest BCUT2D eigenvalue weighted by Gasteiger charge is 2.38. The van der Waals surface area contributed by atoms with Gasteiger partial charge in [0.2, 0.25) is 0 Å². The minimum atomic E-state index is -0.782. The highest BCUT2D eigenvalue weighted by atomic mass is 16.4. The number of hydrogen-bond acceptors (Lipinski definition) is 3. The van der Waals surface area contributed by atoms with Crippen LogP contribution in [0.2, 0.25) is 0 Å². The van der Waals surface area contributed by atoms with Gasteiger partial charge in [-0.15, -0.1) is 0 Å². The first-order valence-electron chi connectivity index (χ1n) is 5.23. The fourth-order valence-electron chi connectivity index (χ4n) is 1.96. The molecule has 82 valence electrons. The fraction of sp³-hybridized carbons (Fsp3) is 0.900. The Balaban J connectivity index is 2.56. The van der Waals surface area contributed by atoms with E-state index in [2.05, 4.69) is 5.32 Å². The summed E-state index contributed by atoms with van der Waals surface area (Å²) in [4.78, 5) is 11.1. The summed E-state index contributed by atoms with van der Waals surface area (Å²) in [5.74, 6) is -0.780. The molecule has 0 heterocycles. The number of aliphatic carboxylic acids is 1. The molecule has 0 aromatic carbocycles. The average Bonchev–Trinajstić information content (AvgIpc) is 2.16. The summed E-state index contributed by atoms with van der Waals surface area (Å²) in [6.45, 7) is 2.01. The smallest absolute Gasteiger partial charge is 0.323 e. The molecule has 1 rings (SSSR count). The highest BCUT2D eigenvalue weighted by molar-refractivity contribution is 5.78. The summed E-state index contributed by atoms with van der Waals surface area (Å²) < 4.78 is 0. The highest BCUT2D eigenvalue weighted by Crippen LogP contribution is 2.28. The van der Waals surface area contributed by atoms with Crippen molar-refractivity contribution in [2.24, 2.45) is 0 Å². The van der Waals surface area contributed by atoms with Crippen LogP contribution in [-0.2, 0) is 4.79 Å². The van der Waals surface area contributed by atoms with Crippen molar-refractivity contribution in [3.05, 3.63) is 0 Å². The minimum absolute atomic E-state index is 0.353. The number of hydrogen-bond donors (Lipinski definition) is 3. The predicted octanol–water partition coefficient (Wildman–Crippen LogP) is 0.744. The second-order valence-corrected chi connectivity index (χ2v) is 4.18. The van der Waals surface area contributed by atoms with Crippen molar-refractivity contribution in [2.45, 2.75) is 50.7 Å². The van der Waals surface area contributed by atoms with E-state index in [4.69, 9.17) is 10.2 Å². The van der Waals surface area contributed by atoms with Crippen LogP contribution in [0, 0.1) is 0 Å². The van der Waals surface area contributed by atoms with Crippen molar-refractivity contribution in [3.8, 4) is 0 Å². The van der Waals surface area contributed by atoms with Crippen molar-refractivity contribution >= 4 is 5.97 Å². The van der Waals surface area contributed by atoms with E-state index in [1.165, 1.54) is 0 Å². The molecular weight excluding hydrogens is 182 g/mol. The molecule has 3 N–H and O–H groups in total. The molecule has 1 aliphatic rings. The summed E-state index contributed by atoms with van der Waals surface area (Å²) in [6, 6.07) is 0. The fourth-order valence-corrected chi connectivity index (χ4v) is 1.96. The van der Waals surface area contributed by atoms with Crippen LogP contribution in [0.4, 0.5) is 0 Å². The molecule has 0 radical (unpaired) electrons. The zero-order valence-electron chi connectivity index (χ0n) is 8.62.